The van der Waals surface area contributed by atoms with Crippen LogP contribution in [0.1, 0.15) is 5.76 Å². The Hall–Kier alpha value is -1.52. The third kappa shape index (κ3) is 3.14. The van der Waals surface area contributed by atoms with Crippen molar-refractivity contribution in [1.82, 2.24) is 0 Å². The highest BCUT2D eigenvalue weighted by molar-refractivity contribution is 9.10. The molecule has 0 aliphatic heterocycles. The molecule has 0 fully saturated rings. The van der Waals surface area contributed by atoms with Crippen LogP contribution in [-0.4, -0.2) is 5.91 Å². The zero-order valence-electron chi connectivity index (χ0n) is 6.35. The summed E-state index contributed by atoms with van der Waals surface area (Å²) in [5, 5.41) is 2.85. The van der Waals surface area contributed by atoms with Gasteiger partial charge in [0, 0.05) is 4.91 Å². The van der Waals surface area contributed by atoms with Crippen LogP contribution in [0.4, 0.5) is 0 Å². The van der Waals surface area contributed by atoms with Gasteiger partial charge >= 0.3 is 0 Å². The first kappa shape index (κ1) is 9.57. The Labute approximate surface area is 81.8 Å². The molecule has 66 valence electrons. The highest BCUT2D eigenvalue weighted by Gasteiger charge is 1.95. The lowest BCUT2D eigenvalue weighted by molar-refractivity contribution is -0.113. The highest BCUT2D eigenvalue weighted by atomic mass is 79.9. The second-order valence-corrected chi connectivity index (χ2v) is 2.94. The Kier molecular flexibility index (Phi) is 3.31. The fourth-order valence-electron chi connectivity index (χ4n) is 0.647. The van der Waals surface area contributed by atoms with E-state index in [4.69, 9.17) is 9.95 Å². The van der Waals surface area contributed by atoms with Gasteiger partial charge in [-0.25, -0.2) is 0 Å². The van der Waals surface area contributed by atoms with Crippen LogP contribution in [-0.2, 0) is 4.79 Å². The number of carbonyl (C=O) groups is 1. The Morgan fingerprint density at radius 2 is 2.54 bits per heavy atom. The lowest BCUT2D eigenvalue weighted by Gasteiger charge is -1.80. The molecular weight excluding hydrogens is 238 g/mol. The van der Waals surface area contributed by atoms with Gasteiger partial charge in [0.1, 0.15) is 12.0 Å². The molecule has 0 bridgehead atoms. The van der Waals surface area contributed by atoms with E-state index < -0.39 is 5.91 Å². The van der Waals surface area contributed by atoms with Crippen molar-refractivity contribution in [3.63, 3.8) is 0 Å². The van der Waals surface area contributed by atoms with Gasteiger partial charge in [0.2, 0.25) is 5.91 Å². The SMILES string of the molecule is [N-]=[N+]=NC(=O)C=Cc1cc(Br)co1. The summed E-state index contributed by atoms with van der Waals surface area (Å²) >= 11 is 3.18. The predicted octanol–water partition coefficient (Wildman–Crippen LogP) is 2.89. The summed E-state index contributed by atoms with van der Waals surface area (Å²) in [6, 6.07) is 1.68. The van der Waals surface area contributed by atoms with E-state index in [1.54, 1.807) is 6.07 Å². The van der Waals surface area contributed by atoms with Crippen LogP contribution in [0.15, 0.2) is 32.4 Å². The minimum absolute atomic E-state index is 0.508. The van der Waals surface area contributed by atoms with E-state index in [2.05, 4.69) is 26.0 Å². The van der Waals surface area contributed by atoms with Crippen LogP contribution < -0.4 is 0 Å². The molecule has 0 saturated carbocycles. The number of halogens is 1. The minimum Gasteiger partial charge on any atom is -0.464 e. The number of azide groups is 1. The molecule has 0 aliphatic rings. The quantitative estimate of drug-likeness (QED) is 0.346. The first-order valence-corrected chi connectivity index (χ1v) is 4.03. The molecule has 0 aliphatic carbocycles. The summed E-state index contributed by atoms with van der Waals surface area (Å²) in [7, 11) is 0. The van der Waals surface area contributed by atoms with E-state index in [0.29, 0.717) is 5.76 Å². The van der Waals surface area contributed by atoms with Crippen molar-refractivity contribution in [2.75, 3.05) is 0 Å². The Balaban J connectivity index is 2.68. The first-order chi connectivity index (χ1) is 6.22. The van der Waals surface area contributed by atoms with Crippen molar-refractivity contribution in [2.45, 2.75) is 0 Å². The van der Waals surface area contributed by atoms with Crippen LogP contribution >= 0.6 is 15.9 Å². The summed E-state index contributed by atoms with van der Waals surface area (Å²) < 4.78 is 5.75. The molecule has 0 N–H and O–H groups in total. The van der Waals surface area contributed by atoms with Crippen LogP contribution in [0.5, 0.6) is 0 Å². The van der Waals surface area contributed by atoms with Gasteiger partial charge in [-0.1, -0.05) is 0 Å². The third-order valence-electron chi connectivity index (χ3n) is 1.12. The van der Waals surface area contributed by atoms with Crippen LogP contribution in [0.2, 0.25) is 0 Å². The molecule has 0 radical (unpaired) electrons. The average molecular weight is 242 g/mol. The normalized spacial score (nSPS) is 9.92. The molecule has 13 heavy (non-hydrogen) atoms. The lowest BCUT2D eigenvalue weighted by Crippen LogP contribution is -1.81. The van der Waals surface area contributed by atoms with Gasteiger partial charge in [-0.2, -0.15) is 0 Å². The number of nitrogens with zero attached hydrogens (tertiary/aromatic N) is 3. The van der Waals surface area contributed by atoms with Crippen molar-refractivity contribution in [3.05, 3.63) is 39.1 Å². The van der Waals surface area contributed by atoms with Crippen molar-refractivity contribution in [3.8, 4) is 0 Å². The molecule has 1 heterocycles. The summed E-state index contributed by atoms with van der Waals surface area (Å²) in [6.45, 7) is 0. The van der Waals surface area contributed by atoms with E-state index in [9.17, 15) is 4.79 Å². The molecule has 0 unspecified atom stereocenters. The second kappa shape index (κ2) is 4.49. The third-order valence-corrected chi connectivity index (χ3v) is 1.54. The molecule has 0 spiro atoms. The van der Waals surface area contributed by atoms with Crippen molar-refractivity contribution >= 4 is 27.9 Å². The lowest BCUT2D eigenvalue weighted by atomic mass is 10.4. The van der Waals surface area contributed by atoms with E-state index in [1.807, 2.05) is 0 Å². The fourth-order valence-corrected chi connectivity index (χ4v) is 0.966. The number of hydrogen-bond acceptors (Lipinski definition) is 2. The average Bonchev–Trinajstić information content (AvgIpc) is 2.49. The van der Waals surface area contributed by atoms with Gasteiger partial charge in [0.15, 0.2) is 0 Å². The summed E-state index contributed by atoms with van der Waals surface area (Å²) in [6.07, 6.45) is 4.03. The topological polar surface area (TPSA) is 79.0 Å². The van der Waals surface area contributed by atoms with E-state index >= 15 is 0 Å². The van der Waals surface area contributed by atoms with Crippen LogP contribution in [0.3, 0.4) is 0 Å². The van der Waals surface area contributed by atoms with E-state index in [0.717, 1.165) is 10.5 Å². The molecule has 0 saturated heterocycles. The molecule has 0 atom stereocenters. The van der Waals surface area contributed by atoms with Gasteiger partial charge in [-0.3, -0.25) is 4.79 Å². The largest absolute Gasteiger partial charge is 0.464 e. The van der Waals surface area contributed by atoms with Crippen molar-refractivity contribution in [2.24, 2.45) is 5.11 Å². The smallest absolute Gasteiger partial charge is 0.242 e. The van der Waals surface area contributed by atoms with Crippen molar-refractivity contribution in [1.29, 1.82) is 0 Å². The maximum absolute atomic E-state index is 10.7. The molecule has 1 rings (SSSR count). The van der Waals surface area contributed by atoms with Gasteiger partial charge in [0.05, 0.1) is 4.47 Å². The zero-order chi connectivity index (χ0) is 9.68. The number of amides is 1. The first-order valence-electron chi connectivity index (χ1n) is 3.23. The summed E-state index contributed by atoms with van der Waals surface area (Å²) in [5.74, 6) is -0.150. The minimum atomic E-state index is -0.657. The maximum atomic E-state index is 10.7. The standard InChI is InChI=1S/C7H4BrN3O2/c8-5-3-6(13-4-5)1-2-7(12)10-11-9/h1-4H. The molecule has 1 amide bonds. The molecular formula is C7H4BrN3O2. The maximum Gasteiger partial charge on any atom is 0.242 e. The van der Waals surface area contributed by atoms with Gasteiger partial charge in [-0.05, 0) is 44.8 Å². The second-order valence-electron chi connectivity index (χ2n) is 2.03. The Bertz CT molecular complexity index is 390. The fraction of sp³-hybridized carbons (Fsp3) is 0. The Morgan fingerprint density at radius 3 is 3.08 bits per heavy atom. The number of furan rings is 1. The van der Waals surface area contributed by atoms with Crippen LogP contribution in [0, 0.1) is 0 Å². The molecule has 1 aromatic rings. The number of carbonyl (C=O) groups excluding carboxylic acids is 1. The zero-order valence-corrected chi connectivity index (χ0v) is 7.93. The van der Waals surface area contributed by atoms with Crippen LogP contribution in [0.25, 0.3) is 16.5 Å². The van der Waals surface area contributed by atoms with Gasteiger partial charge in [-0.15, -0.1) is 0 Å². The summed E-state index contributed by atoms with van der Waals surface area (Å²) in [4.78, 5) is 13.0. The monoisotopic (exact) mass is 241 g/mol. The predicted molar refractivity (Wildman–Crippen MR) is 49.6 cm³/mol. The molecule has 5 nitrogen and oxygen atoms in total. The molecule has 0 aromatic carbocycles. The Morgan fingerprint density at radius 1 is 1.77 bits per heavy atom. The van der Waals surface area contributed by atoms with Gasteiger partial charge in [0.25, 0.3) is 0 Å². The highest BCUT2D eigenvalue weighted by Crippen LogP contribution is 2.14. The van der Waals surface area contributed by atoms with Crippen molar-refractivity contribution < 1.29 is 9.21 Å². The number of rotatable bonds is 2. The molecule has 1 aromatic heterocycles. The molecule has 6 heteroatoms. The summed E-state index contributed by atoms with van der Waals surface area (Å²) in [5.41, 5.74) is 7.91. The number of hydrogen-bond donors (Lipinski definition) is 0. The van der Waals surface area contributed by atoms with E-state index in [1.165, 1.54) is 12.3 Å². The van der Waals surface area contributed by atoms with E-state index in [-0.39, 0.29) is 0 Å². The van der Waals surface area contributed by atoms with Gasteiger partial charge < -0.3 is 4.42 Å².